The van der Waals surface area contributed by atoms with Crippen LogP contribution in [-0.4, -0.2) is 23.7 Å². The van der Waals surface area contributed by atoms with E-state index < -0.39 is 0 Å². The average molecular weight is 331 g/mol. The number of rotatable bonds is 3. The van der Waals surface area contributed by atoms with Gasteiger partial charge in [-0.1, -0.05) is 23.7 Å². The molecule has 6 heteroatoms. The van der Waals surface area contributed by atoms with E-state index in [1.807, 2.05) is 0 Å². The summed E-state index contributed by atoms with van der Waals surface area (Å²) in [5.74, 6) is -0.387. The highest BCUT2D eigenvalue weighted by molar-refractivity contribution is 7.20. The molecule has 1 N–H and O–H groups in total. The minimum Gasteiger partial charge on any atom is -0.354 e. The third kappa shape index (κ3) is 2.49. The summed E-state index contributed by atoms with van der Waals surface area (Å²) in [6.45, 7) is 0. The average Bonchev–Trinajstić information content (AvgIpc) is 2.98. The number of amides is 1. The van der Waals surface area contributed by atoms with E-state index in [9.17, 15) is 9.59 Å². The van der Waals surface area contributed by atoms with Crippen LogP contribution in [0.1, 0.15) is 25.6 Å². The quantitative estimate of drug-likeness (QED) is 0.747. The fourth-order valence-electron chi connectivity index (χ4n) is 2.17. The lowest BCUT2D eigenvalue weighted by atomic mass is 10.0. The number of benzene rings is 1. The molecule has 3 rings (SSSR count). The van der Waals surface area contributed by atoms with Gasteiger partial charge in [0.05, 0.1) is 14.6 Å². The van der Waals surface area contributed by atoms with Gasteiger partial charge < -0.3 is 5.32 Å². The number of aromatic nitrogens is 1. The molecule has 2 heterocycles. The number of carbonyl (C=O) groups is 2. The van der Waals surface area contributed by atoms with Crippen LogP contribution in [0.4, 0.5) is 0 Å². The topological polar surface area (TPSA) is 59.1 Å². The van der Waals surface area contributed by atoms with Gasteiger partial charge in [0, 0.05) is 36.0 Å². The Morgan fingerprint density at radius 2 is 1.95 bits per heavy atom. The van der Waals surface area contributed by atoms with Crippen molar-refractivity contribution in [3.05, 3.63) is 63.8 Å². The Morgan fingerprint density at radius 1 is 1.18 bits per heavy atom. The molecular formula is C16H11ClN2O2S. The van der Waals surface area contributed by atoms with Crippen molar-refractivity contribution in [3.63, 3.8) is 0 Å². The van der Waals surface area contributed by atoms with Crippen molar-refractivity contribution in [2.75, 3.05) is 7.05 Å². The summed E-state index contributed by atoms with van der Waals surface area (Å²) in [5.41, 5.74) is 0.864. The van der Waals surface area contributed by atoms with Crippen molar-refractivity contribution in [3.8, 4) is 0 Å². The molecular weight excluding hydrogens is 320 g/mol. The van der Waals surface area contributed by atoms with Gasteiger partial charge in [0.25, 0.3) is 5.91 Å². The van der Waals surface area contributed by atoms with Crippen LogP contribution >= 0.6 is 22.9 Å². The molecule has 0 aliphatic heterocycles. The first-order valence-electron chi connectivity index (χ1n) is 6.50. The van der Waals surface area contributed by atoms with Crippen LogP contribution < -0.4 is 5.32 Å². The lowest BCUT2D eigenvalue weighted by Gasteiger charge is -2.04. The van der Waals surface area contributed by atoms with Crippen LogP contribution in [-0.2, 0) is 0 Å². The van der Waals surface area contributed by atoms with Crippen LogP contribution in [0.25, 0.3) is 10.1 Å². The Hall–Kier alpha value is -2.24. The molecule has 110 valence electrons. The van der Waals surface area contributed by atoms with E-state index in [0.717, 1.165) is 4.70 Å². The molecule has 0 aliphatic rings. The highest BCUT2D eigenvalue weighted by atomic mass is 35.5. The van der Waals surface area contributed by atoms with Gasteiger partial charge in [0.2, 0.25) is 0 Å². The largest absolute Gasteiger partial charge is 0.354 e. The van der Waals surface area contributed by atoms with E-state index >= 15 is 0 Å². The third-order valence-corrected chi connectivity index (χ3v) is 4.66. The smallest absolute Gasteiger partial charge is 0.261 e. The molecule has 4 nitrogen and oxygen atoms in total. The standard InChI is InChI=1S/C16H11ClN2O2S/c1-18-16(21)13-6-10-11(7-19-8-14(10)22-13)15(20)9-4-2-3-5-12(9)17/h2-8H,1H3,(H,18,21). The first kappa shape index (κ1) is 14.7. The van der Waals surface area contributed by atoms with Gasteiger partial charge in [-0.25, -0.2) is 0 Å². The van der Waals surface area contributed by atoms with E-state index in [2.05, 4.69) is 10.3 Å². The van der Waals surface area contributed by atoms with Gasteiger partial charge >= 0.3 is 0 Å². The molecule has 0 saturated carbocycles. The molecule has 0 fully saturated rings. The molecule has 0 unspecified atom stereocenters. The summed E-state index contributed by atoms with van der Waals surface area (Å²) in [7, 11) is 1.57. The van der Waals surface area contributed by atoms with Crippen LogP contribution in [0.3, 0.4) is 0 Å². The molecule has 2 aromatic heterocycles. The van der Waals surface area contributed by atoms with Gasteiger partial charge in [0.1, 0.15) is 0 Å². The van der Waals surface area contributed by atoms with Crippen molar-refractivity contribution in [1.82, 2.24) is 10.3 Å². The second-order valence-corrected chi connectivity index (χ2v) is 6.09. The molecule has 0 spiro atoms. The van der Waals surface area contributed by atoms with Crippen molar-refractivity contribution in [2.45, 2.75) is 0 Å². The Balaban J connectivity index is 2.15. The molecule has 1 aromatic carbocycles. The lowest BCUT2D eigenvalue weighted by Crippen LogP contribution is -2.16. The van der Waals surface area contributed by atoms with E-state index in [-0.39, 0.29) is 11.7 Å². The molecule has 0 aliphatic carbocycles. The number of carbonyl (C=O) groups excluding carboxylic acids is 2. The number of nitrogens with one attached hydrogen (secondary N) is 1. The van der Waals surface area contributed by atoms with Gasteiger partial charge in [0.15, 0.2) is 5.78 Å². The number of fused-ring (bicyclic) bond motifs is 1. The highest BCUT2D eigenvalue weighted by Gasteiger charge is 2.18. The van der Waals surface area contributed by atoms with Crippen LogP contribution in [0.5, 0.6) is 0 Å². The zero-order chi connectivity index (χ0) is 15.7. The first-order chi connectivity index (χ1) is 10.6. The van der Waals surface area contributed by atoms with E-state index in [4.69, 9.17) is 11.6 Å². The number of pyridine rings is 1. The Labute approximate surface area is 135 Å². The maximum atomic E-state index is 12.7. The fourth-order valence-corrected chi connectivity index (χ4v) is 3.39. The Kier molecular flexibility index (Phi) is 3.92. The summed E-state index contributed by atoms with van der Waals surface area (Å²) in [6.07, 6.45) is 3.16. The normalized spacial score (nSPS) is 10.6. The molecule has 0 atom stereocenters. The summed E-state index contributed by atoms with van der Waals surface area (Å²) in [6, 6.07) is 8.59. The van der Waals surface area contributed by atoms with Gasteiger partial charge in [-0.3, -0.25) is 14.6 Å². The number of hydrogen-bond donors (Lipinski definition) is 1. The van der Waals surface area contributed by atoms with Crippen LogP contribution in [0.15, 0.2) is 42.7 Å². The predicted octanol–water partition coefficient (Wildman–Crippen LogP) is 3.54. The minimum absolute atomic E-state index is 0.183. The van der Waals surface area contributed by atoms with Crippen LogP contribution in [0.2, 0.25) is 5.02 Å². The SMILES string of the molecule is CNC(=O)c1cc2c(C(=O)c3ccccc3Cl)cncc2s1. The molecule has 22 heavy (non-hydrogen) atoms. The monoisotopic (exact) mass is 330 g/mol. The van der Waals surface area contributed by atoms with Crippen LogP contribution in [0, 0.1) is 0 Å². The number of nitrogens with zero attached hydrogens (tertiary/aromatic N) is 1. The predicted molar refractivity (Wildman–Crippen MR) is 87.9 cm³/mol. The maximum Gasteiger partial charge on any atom is 0.261 e. The molecule has 0 radical (unpaired) electrons. The fraction of sp³-hybridized carbons (Fsp3) is 0.0625. The molecule has 3 aromatic rings. The minimum atomic E-state index is -0.204. The number of ketones is 1. The second-order valence-electron chi connectivity index (χ2n) is 4.60. The number of thiophene rings is 1. The van der Waals surface area contributed by atoms with E-state index in [1.165, 1.54) is 17.5 Å². The van der Waals surface area contributed by atoms with E-state index in [1.54, 1.807) is 43.6 Å². The third-order valence-electron chi connectivity index (χ3n) is 3.26. The molecule has 0 bridgehead atoms. The van der Waals surface area contributed by atoms with Crippen molar-refractivity contribution < 1.29 is 9.59 Å². The molecule has 0 saturated heterocycles. The summed E-state index contributed by atoms with van der Waals surface area (Å²) >= 11 is 7.40. The summed E-state index contributed by atoms with van der Waals surface area (Å²) in [4.78, 5) is 29.1. The Bertz CT molecular complexity index is 889. The van der Waals surface area contributed by atoms with Gasteiger partial charge in [-0.2, -0.15) is 0 Å². The summed E-state index contributed by atoms with van der Waals surface area (Å²) < 4.78 is 0.788. The number of halogens is 1. The van der Waals surface area contributed by atoms with Gasteiger partial charge in [-0.15, -0.1) is 11.3 Å². The lowest BCUT2D eigenvalue weighted by molar-refractivity contribution is 0.0966. The summed E-state index contributed by atoms with van der Waals surface area (Å²) in [5, 5.41) is 3.68. The van der Waals surface area contributed by atoms with Crippen molar-refractivity contribution in [2.24, 2.45) is 0 Å². The first-order valence-corrected chi connectivity index (χ1v) is 7.70. The van der Waals surface area contributed by atoms with Gasteiger partial charge in [-0.05, 0) is 18.2 Å². The zero-order valence-corrected chi connectivity index (χ0v) is 13.2. The highest BCUT2D eigenvalue weighted by Crippen LogP contribution is 2.30. The van der Waals surface area contributed by atoms with Crippen molar-refractivity contribution >= 4 is 44.7 Å². The number of hydrogen-bond acceptors (Lipinski definition) is 4. The van der Waals surface area contributed by atoms with Crippen molar-refractivity contribution in [1.29, 1.82) is 0 Å². The maximum absolute atomic E-state index is 12.7. The second kappa shape index (κ2) is 5.87. The van der Waals surface area contributed by atoms with E-state index in [0.29, 0.717) is 26.4 Å². The zero-order valence-electron chi connectivity index (χ0n) is 11.6. The molecule has 1 amide bonds. The Morgan fingerprint density at radius 3 is 2.68 bits per heavy atom.